The topological polar surface area (TPSA) is 160 Å². The van der Waals surface area contributed by atoms with Crippen LogP contribution in [0.3, 0.4) is 0 Å². The van der Waals surface area contributed by atoms with Crippen LogP contribution in [0.15, 0.2) is 71.4 Å². The van der Waals surface area contributed by atoms with Crippen LogP contribution < -0.4 is 10.6 Å². The van der Waals surface area contributed by atoms with Gasteiger partial charge in [0.2, 0.25) is 5.89 Å². The minimum absolute atomic E-state index is 0.172. The van der Waals surface area contributed by atoms with Gasteiger partial charge in [0.25, 0.3) is 0 Å². The van der Waals surface area contributed by atoms with Crippen LogP contribution in [0.2, 0.25) is 5.02 Å². The molecule has 256 valence electrons. The van der Waals surface area contributed by atoms with Crippen LogP contribution in [0, 0.1) is 18.3 Å². The number of halogens is 1. The van der Waals surface area contributed by atoms with Gasteiger partial charge >= 0.3 is 5.97 Å². The van der Waals surface area contributed by atoms with Crippen LogP contribution in [0.1, 0.15) is 46.7 Å². The molecule has 51 heavy (non-hydrogen) atoms. The first-order chi connectivity index (χ1) is 24.8. The first-order valence-corrected chi connectivity index (χ1v) is 17.3. The molecule has 3 aromatic heterocycles. The summed E-state index contributed by atoms with van der Waals surface area (Å²) in [6.45, 7) is 4.15. The van der Waals surface area contributed by atoms with Crippen LogP contribution in [0.25, 0.3) is 44.6 Å². The van der Waals surface area contributed by atoms with Gasteiger partial charge in [-0.05, 0) is 84.3 Å². The number of benzene rings is 3. The number of aromatic nitrogens is 3. The highest BCUT2D eigenvalue weighted by atomic mass is 35.5. The number of hydrogen-bond acceptors (Lipinski definition) is 10. The smallest absolute Gasteiger partial charge is 0.317 e. The summed E-state index contributed by atoms with van der Waals surface area (Å²) in [4.78, 5) is 27.6. The zero-order valence-corrected chi connectivity index (χ0v) is 28.5. The number of carboxylic acid groups (broad SMARTS) is 1. The fourth-order valence-corrected chi connectivity index (χ4v) is 7.71. The summed E-state index contributed by atoms with van der Waals surface area (Å²) in [6.07, 6.45) is 5.51. The van der Waals surface area contributed by atoms with Crippen molar-refractivity contribution in [2.24, 2.45) is 0 Å². The Labute approximate surface area is 298 Å². The van der Waals surface area contributed by atoms with Crippen molar-refractivity contribution in [2.45, 2.75) is 44.9 Å². The third kappa shape index (κ3) is 6.17. The van der Waals surface area contributed by atoms with E-state index in [0.29, 0.717) is 58.3 Å². The number of fused-ring (bicyclic) bond motifs is 3. The number of aliphatic hydroxyl groups excluding tert-OH is 1. The standard InChI is InChI=1S/C39H34ClN7O4/c1-21-25(4-3-7-31(21)45-38-36-23(10-12-42-38)14-22(17-44-36)19-47-13-11-24(48)20-47)27-5-2-6-28(35(27)40)39-46-33-15-29-26(30(16-41)37(33)51-39)8-9-32(29)43-18-34(49)50/h2-7,10,12,14-15,17,24,32,43,48H,8-9,11,13,18-20H2,1H3,(H,42,45)(H,49,50)/t24-,32+/m1/s1. The largest absolute Gasteiger partial charge is 0.480 e. The molecule has 12 heteroatoms. The number of anilines is 2. The lowest BCUT2D eigenvalue weighted by molar-refractivity contribution is -0.136. The second kappa shape index (κ2) is 13.4. The van der Waals surface area contributed by atoms with E-state index in [0.717, 1.165) is 69.5 Å². The molecule has 0 saturated carbocycles. The van der Waals surface area contributed by atoms with Gasteiger partial charge in [0.1, 0.15) is 22.7 Å². The Morgan fingerprint density at radius 2 is 1.94 bits per heavy atom. The molecule has 4 N–H and O–H groups in total. The first kappa shape index (κ1) is 32.8. The van der Waals surface area contributed by atoms with E-state index in [2.05, 4.69) is 32.7 Å². The monoisotopic (exact) mass is 699 g/mol. The molecular formula is C39H34ClN7O4. The van der Waals surface area contributed by atoms with Gasteiger partial charge in [0.15, 0.2) is 11.4 Å². The summed E-state index contributed by atoms with van der Waals surface area (Å²) in [5, 5.41) is 37.2. The van der Waals surface area contributed by atoms with E-state index in [9.17, 15) is 20.3 Å². The van der Waals surface area contributed by atoms with Crippen LogP contribution >= 0.6 is 11.6 Å². The molecule has 0 radical (unpaired) electrons. The molecule has 11 nitrogen and oxygen atoms in total. The number of nitrogens with one attached hydrogen (secondary N) is 2. The molecule has 2 atom stereocenters. The maximum absolute atomic E-state index is 11.2. The molecule has 0 bridgehead atoms. The quantitative estimate of drug-likeness (QED) is 0.124. The van der Waals surface area contributed by atoms with Crippen molar-refractivity contribution in [1.29, 1.82) is 5.26 Å². The second-order valence-corrected chi connectivity index (χ2v) is 13.6. The molecule has 6 aromatic rings. The van der Waals surface area contributed by atoms with Crippen molar-refractivity contribution >= 4 is 51.1 Å². The number of aliphatic hydroxyl groups is 1. The molecule has 1 aliphatic carbocycles. The highest BCUT2D eigenvalue weighted by molar-refractivity contribution is 6.36. The van der Waals surface area contributed by atoms with Crippen LogP contribution in [0.4, 0.5) is 11.5 Å². The SMILES string of the molecule is Cc1c(Nc2nccc3cc(CN4CC[C@@H](O)C4)cnc23)cccc1-c1cccc(-c2nc3cc4c(c(C#N)c3o2)CC[C@@H]4NCC(=O)O)c1Cl. The van der Waals surface area contributed by atoms with E-state index in [1.165, 1.54) is 0 Å². The van der Waals surface area contributed by atoms with Gasteiger partial charge in [-0.25, -0.2) is 9.97 Å². The number of pyridine rings is 2. The zero-order valence-electron chi connectivity index (χ0n) is 27.8. The van der Waals surface area contributed by atoms with Crippen LogP contribution in [-0.4, -0.2) is 61.8 Å². The molecule has 0 spiro atoms. The first-order valence-electron chi connectivity index (χ1n) is 16.9. The number of nitrogens with zero attached hydrogens (tertiary/aromatic N) is 5. The van der Waals surface area contributed by atoms with Crippen LogP contribution in [-0.2, 0) is 17.8 Å². The van der Waals surface area contributed by atoms with Crippen molar-refractivity contribution in [3.63, 3.8) is 0 Å². The predicted octanol–water partition coefficient (Wildman–Crippen LogP) is 6.91. The minimum atomic E-state index is -0.938. The second-order valence-electron chi connectivity index (χ2n) is 13.2. The van der Waals surface area contributed by atoms with Gasteiger partial charge in [-0.15, -0.1) is 0 Å². The molecule has 4 heterocycles. The number of hydrogen-bond donors (Lipinski definition) is 4. The molecule has 1 aliphatic heterocycles. The molecule has 3 aromatic carbocycles. The van der Waals surface area contributed by atoms with Gasteiger partial charge < -0.3 is 25.3 Å². The maximum atomic E-state index is 11.2. The maximum Gasteiger partial charge on any atom is 0.317 e. The Kier molecular flexibility index (Phi) is 8.61. The lowest BCUT2D eigenvalue weighted by Crippen LogP contribution is -2.26. The Balaban J connectivity index is 1.10. The summed E-state index contributed by atoms with van der Waals surface area (Å²) in [5.74, 6) is 0.000246. The molecule has 0 unspecified atom stereocenters. The van der Waals surface area contributed by atoms with Crippen molar-refractivity contribution in [3.8, 4) is 28.7 Å². The van der Waals surface area contributed by atoms with Gasteiger partial charge in [-0.3, -0.25) is 14.7 Å². The van der Waals surface area contributed by atoms with Crippen molar-refractivity contribution in [3.05, 3.63) is 99.8 Å². The van der Waals surface area contributed by atoms with Crippen molar-refractivity contribution in [2.75, 3.05) is 25.0 Å². The van der Waals surface area contributed by atoms with Crippen molar-refractivity contribution in [1.82, 2.24) is 25.2 Å². The summed E-state index contributed by atoms with van der Waals surface area (Å²) in [7, 11) is 0. The highest BCUT2D eigenvalue weighted by Gasteiger charge is 2.29. The lowest BCUT2D eigenvalue weighted by Gasteiger charge is -2.17. The van der Waals surface area contributed by atoms with Gasteiger partial charge in [-0.2, -0.15) is 5.26 Å². The van der Waals surface area contributed by atoms with E-state index >= 15 is 0 Å². The lowest BCUT2D eigenvalue weighted by atomic mass is 9.97. The van der Waals surface area contributed by atoms with E-state index in [-0.39, 0.29) is 18.7 Å². The number of nitriles is 1. The fourth-order valence-electron chi connectivity index (χ4n) is 7.40. The van der Waals surface area contributed by atoms with Crippen molar-refractivity contribution < 1.29 is 19.4 Å². The van der Waals surface area contributed by atoms with Gasteiger partial charge in [0.05, 0.1) is 23.2 Å². The number of carbonyl (C=O) groups is 1. The molecule has 8 rings (SSSR count). The number of carboxylic acids is 1. The Bertz CT molecular complexity index is 2390. The summed E-state index contributed by atoms with van der Waals surface area (Å²) in [6, 6.07) is 19.7. The van der Waals surface area contributed by atoms with Gasteiger partial charge in [0, 0.05) is 54.7 Å². The molecule has 2 aliphatic rings. The Morgan fingerprint density at radius 1 is 1.12 bits per heavy atom. The predicted molar refractivity (Wildman–Crippen MR) is 195 cm³/mol. The van der Waals surface area contributed by atoms with E-state index < -0.39 is 5.97 Å². The summed E-state index contributed by atoms with van der Waals surface area (Å²) in [5.41, 5.74) is 9.02. The Morgan fingerprint density at radius 3 is 2.75 bits per heavy atom. The molecule has 1 saturated heterocycles. The number of aliphatic carboxylic acids is 1. The number of oxazole rings is 1. The van der Waals surface area contributed by atoms with E-state index in [4.69, 9.17) is 26.0 Å². The fraction of sp³-hybridized carbons (Fsp3) is 0.256. The molecule has 1 fully saturated rings. The number of β-amino-alcohol motifs (C(OH)–C–C–N with tert-alkyl or cyclic N) is 1. The van der Waals surface area contributed by atoms with E-state index in [1.807, 2.05) is 61.7 Å². The minimum Gasteiger partial charge on any atom is -0.480 e. The average Bonchev–Trinajstić information content (AvgIpc) is 3.85. The summed E-state index contributed by atoms with van der Waals surface area (Å²) < 4.78 is 6.26. The summed E-state index contributed by atoms with van der Waals surface area (Å²) >= 11 is 7.13. The van der Waals surface area contributed by atoms with Crippen LogP contribution in [0.5, 0.6) is 0 Å². The molecule has 0 amide bonds. The third-order valence-corrected chi connectivity index (χ3v) is 10.3. The zero-order chi connectivity index (χ0) is 35.2. The Hall–Kier alpha value is -5.38. The third-order valence-electron chi connectivity index (χ3n) is 9.91. The normalized spacial score (nSPS) is 17.2. The number of rotatable bonds is 9. The van der Waals surface area contributed by atoms with E-state index in [1.54, 1.807) is 6.20 Å². The number of likely N-dealkylation sites (tertiary alicyclic amines) is 1. The van der Waals surface area contributed by atoms with Gasteiger partial charge in [-0.1, -0.05) is 35.9 Å². The molecular weight excluding hydrogens is 666 g/mol. The average molecular weight is 700 g/mol. The highest BCUT2D eigenvalue weighted by Crippen LogP contribution is 2.42.